The Morgan fingerprint density at radius 3 is 2.40 bits per heavy atom. The van der Waals surface area contributed by atoms with Crippen molar-refractivity contribution in [3.63, 3.8) is 0 Å². The first kappa shape index (κ1) is 16.0. The molecule has 0 radical (unpaired) electrons. The predicted octanol–water partition coefficient (Wildman–Crippen LogP) is 1.14. The molecular formula is C15H24N4O. The van der Waals surface area contributed by atoms with Crippen LogP contribution in [0.15, 0.2) is 29.3 Å². The molecular weight excluding hydrogens is 252 g/mol. The molecule has 5 heteroatoms. The van der Waals surface area contributed by atoms with Gasteiger partial charge in [0, 0.05) is 40.7 Å². The Morgan fingerprint density at radius 2 is 1.85 bits per heavy atom. The van der Waals surface area contributed by atoms with Gasteiger partial charge in [0.1, 0.15) is 0 Å². The average molecular weight is 276 g/mol. The van der Waals surface area contributed by atoms with E-state index in [-0.39, 0.29) is 5.91 Å². The molecule has 0 saturated carbocycles. The summed E-state index contributed by atoms with van der Waals surface area (Å²) in [5.41, 5.74) is 2.45. The fourth-order valence-electron chi connectivity index (χ4n) is 1.62. The van der Waals surface area contributed by atoms with E-state index in [1.54, 1.807) is 26.0 Å². The van der Waals surface area contributed by atoms with Crippen LogP contribution in [0.25, 0.3) is 0 Å². The molecule has 1 amide bonds. The molecule has 0 spiro atoms. The van der Waals surface area contributed by atoms with Crippen LogP contribution in [0.5, 0.6) is 0 Å². The molecule has 0 fully saturated rings. The van der Waals surface area contributed by atoms with Crippen molar-refractivity contribution >= 4 is 11.9 Å². The molecule has 1 aromatic carbocycles. The Kier molecular flexibility index (Phi) is 6.56. The van der Waals surface area contributed by atoms with Crippen LogP contribution in [-0.2, 0) is 11.3 Å². The normalized spacial score (nSPS) is 11.1. The van der Waals surface area contributed by atoms with E-state index in [2.05, 4.69) is 46.8 Å². The first-order valence-electron chi connectivity index (χ1n) is 6.73. The second-order valence-electron chi connectivity index (χ2n) is 4.88. The molecule has 0 bridgehead atoms. The lowest BCUT2D eigenvalue weighted by Gasteiger charge is -2.13. The van der Waals surface area contributed by atoms with Gasteiger partial charge in [-0.1, -0.05) is 29.8 Å². The highest BCUT2D eigenvalue weighted by Crippen LogP contribution is 2.02. The molecule has 0 aliphatic carbocycles. The zero-order valence-corrected chi connectivity index (χ0v) is 12.7. The third-order valence-electron chi connectivity index (χ3n) is 2.93. The summed E-state index contributed by atoms with van der Waals surface area (Å²) in [4.78, 5) is 17.2. The molecule has 5 nitrogen and oxygen atoms in total. The van der Waals surface area contributed by atoms with Crippen molar-refractivity contribution in [2.45, 2.75) is 19.9 Å². The Bertz CT molecular complexity index is 451. The molecule has 0 saturated heterocycles. The summed E-state index contributed by atoms with van der Waals surface area (Å²) in [6.07, 6.45) is 0.457. The maximum atomic E-state index is 11.4. The minimum atomic E-state index is 0.103. The highest BCUT2D eigenvalue weighted by atomic mass is 16.2. The third-order valence-corrected chi connectivity index (χ3v) is 2.93. The van der Waals surface area contributed by atoms with Crippen LogP contribution >= 0.6 is 0 Å². The van der Waals surface area contributed by atoms with Crippen molar-refractivity contribution in [3.8, 4) is 0 Å². The molecule has 0 atom stereocenters. The number of rotatable bonds is 5. The smallest absolute Gasteiger partial charge is 0.223 e. The number of guanidine groups is 1. The van der Waals surface area contributed by atoms with Crippen molar-refractivity contribution in [2.24, 2.45) is 4.99 Å². The summed E-state index contributed by atoms with van der Waals surface area (Å²) in [5, 5.41) is 6.35. The number of hydrogen-bond acceptors (Lipinski definition) is 2. The van der Waals surface area contributed by atoms with Gasteiger partial charge in [0.2, 0.25) is 5.91 Å². The van der Waals surface area contributed by atoms with Gasteiger partial charge in [-0.2, -0.15) is 0 Å². The average Bonchev–Trinajstić information content (AvgIpc) is 2.44. The Labute approximate surface area is 121 Å². The van der Waals surface area contributed by atoms with Crippen LogP contribution in [0, 0.1) is 6.92 Å². The van der Waals surface area contributed by atoms with E-state index in [4.69, 9.17) is 0 Å². The lowest BCUT2D eigenvalue weighted by Crippen LogP contribution is -2.38. The first-order chi connectivity index (χ1) is 9.52. The summed E-state index contributed by atoms with van der Waals surface area (Å²) < 4.78 is 0. The van der Waals surface area contributed by atoms with Gasteiger partial charge in [-0.05, 0) is 12.5 Å². The van der Waals surface area contributed by atoms with E-state index in [0.29, 0.717) is 25.5 Å². The standard InChI is InChI=1S/C15H24N4O/c1-12-5-7-13(8-6-12)11-18-15(16-2)17-10-9-14(20)19(3)4/h5-8H,9-11H2,1-4H3,(H2,16,17,18). The highest BCUT2D eigenvalue weighted by molar-refractivity contribution is 5.81. The topological polar surface area (TPSA) is 56.7 Å². The second kappa shape index (κ2) is 8.19. The zero-order valence-electron chi connectivity index (χ0n) is 12.7. The van der Waals surface area contributed by atoms with Crippen LogP contribution < -0.4 is 10.6 Å². The number of nitrogens with zero attached hydrogens (tertiary/aromatic N) is 2. The molecule has 1 aromatic rings. The quantitative estimate of drug-likeness (QED) is 0.626. The van der Waals surface area contributed by atoms with Crippen LogP contribution in [-0.4, -0.2) is 44.5 Å². The summed E-state index contributed by atoms with van der Waals surface area (Å²) in [6.45, 7) is 3.35. The molecule has 0 aliphatic rings. The highest BCUT2D eigenvalue weighted by Gasteiger charge is 2.04. The summed E-state index contributed by atoms with van der Waals surface area (Å²) in [6, 6.07) is 8.35. The number of benzene rings is 1. The first-order valence-corrected chi connectivity index (χ1v) is 6.73. The molecule has 0 unspecified atom stereocenters. The third kappa shape index (κ3) is 5.73. The molecule has 1 rings (SSSR count). The summed E-state index contributed by atoms with van der Waals surface area (Å²) in [7, 11) is 5.23. The number of amides is 1. The molecule has 2 N–H and O–H groups in total. The van der Waals surface area contributed by atoms with E-state index in [0.717, 1.165) is 0 Å². The largest absolute Gasteiger partial charge is 0.356 e. The van der Waals surface area contributed by atoms with Crippen LogP contribution in [0.1, 0.15) is 17.5 Å². The summed E-state index contributed by atoms with van der Waals surface area (Å²) in [5.74, 6) is 0.809. The van der Waals surface area contributed by atoms with Gasteiger partial charge in [0.15, 0.2) is 5.96 Å². The van der Waals surface area contributed by atoms with Crippen LogP contribution in [0.3, 0.4) is 0 Å². The van der Waals surface area contributed by atoms with Crippen LogP contribution in [0.4, 0.5) is 0 Å². The minimum Gasteiger partial charge on any atom is -0.356 e. The Balaban J connectivity index is 2.33. The van der Waals surface area contributed by atoms with Crippen molar-refractivity contribution in [1.29, 1.82) is 0 Å². The van der Waals surface area contributed by atoms with Gasteiger partial charge in [0.05, 0.1) is 0 Å². The number of carbonyl (C=O) groups is 1. The van der Waals surface area contributed by atoms with E-state index >= 15 is 0 Å². The minimum absolute atomic E-state index is 0.103. The van der Waals surface area contributed by atoms with Gasteiger partial charge < -0.3 is 15.5 Å². The lowest BCUT2D eigenvalue weighted by molar-refractivity contribution is -0.128. The number of hydrogen-bond donors (Lipinski definition) is 2. The van der Waals surface area contributed by atoms with Gasteiger partial charge in [-0.3, -0.25) is 9.79 Å². The molecule has 0 aliphatic heterocycles. The monoisotopic (exact) mass is 276 g/mol. The maximum Gasteiger partial charge on any atom is 0.223 e. The van der Waals surface area contributed by atoms with E-state index in [1.807, 2.05) is 0 Å². The lowest BCUT2D eigenvalue weighted by atomic mass is 10.1. The van der Waals surface area contributed by atoms with Gasteiger partial charge in [-0.15, -0.1) is 0 Å². The van der Waals surface area contributed by atoms with Gasteiger partial charge in [-0.25, -0.2) is 0 Å². The number of aryl methyl sites for hydroxylation is 1. The van der Waals surface area contributed by atoms with Crippen molar-refractivity contribution in [2.75, 3.05) is 27.7 Å². The van der Waals surface area contributed by atoms with E-state index in [1.165, 1.54) is 11.1 Å². The molecule has 0 aromatic heterocycles. The number of aliphatic imine (C=N–C) groups is 1. The zero-order chi connectivity index (χ0) is 15.0. The Hall–Kier alpha value is -2.04. The van der Waals surface area contributed by atoms with Gasteiger partial charge in [0.25, 0.3) is 0 Å². The predicted molar refractivity (Wildman–Crippen MR) is 82.7 cm³/mol. The van der Waals surface area contributed by atoms with Crippen molar-refractivity contribution in [3.05, 3.63) is 35.4 Å². The van der Waals surface area contributed by atoms with Crippen molar-refractivity contribution < 1.29 is 4.79 Å². The number of carbonyl (C=O) groups excluding carboxylic acids is 1. The maximum absolute atomic E-state index is 11.4. The van der Waals surface area contributed by atoms with E-state index < -0.39 is 0 Å². The fourth-order valence-corrected chi connectivity index (χ4v) is 1.62. The Morgan fingerprint density at radius 1 is 1.20 bits per heavy atom. The molecule has 110 valence electrons. The second-order valence-corrected chi connectivity index (χ2v) is 4.88. The van der Waals surface area contributed by atoms with Gasteiger partial charge >= 0.3 is 0 Å². The fraction of sp³-hybridized carbons (Fsp3) is 0.467. The van der Waals surface area contributed by atoms with E-state index in [9.17, 15) is 4.79 Å². The van der Waals surface area contributed by atoms with Crippen molar-refractivity contribution in [1.82, 2.24) is 15.5 Å². The SMILES string of the molecule is CN=C(NCCC(=O)N(C)C)NCc1ccc(C)cc1. The van der Waals surface area contributed by atoms with Crippen LogP contribution in [0.2, 0.25) is 0 Å². The molecule has 0 heterocycles. The molecule has 20 heavy (non-hydrogen) atoms. The number of nitrogens with one attached hydrogen (secondary N) is 2. The summed E-state index contributed by atoms with van der Waals surface area (Å²) >= 11 is 0.